The summed E-state index contributed by atoms with van der Waals surface area (Å²) in [7, 11) is 3.94. The Kier molecular flexibility index (Phi) is 5.84. The van der Waals surface area contributed by atoms with Gasteiger partial charge in [0.2, 0.25) is 0 Å². The van der Waals surface area contributed by atoms with Crippen molar-refractivity contribution < 1.29 is 0 Å². The maximum atomic E-state index is 5.64. The average Bonchev–Trinajstić information content (AvgIpc) is 3.11. The van der Waals surface area contributed by atoms with Crippen LogP contribution in [0.15, 0.2) is 30.5 Å². The maximum absolute atomic E-state index is 5.64. The van der Waals surface area contributed by atoms with Gasteiger partial charge in [0.1, 0.15) is 0 Å². The Morgan fingerprint density at radius 1 is 1.11 bits per heavy atom. The maximum Gasteiger partial charge on any atom is 0.173 e. The average molecular weight is 397 g/mol. The SMILES string of the molecule is Cc1ccccc1Cn1nc(C)c(NC(=S)N(C)Cc2cnn(C)c2C)c1C. The minimum Gasteiger partial charge on any atom is -0.348 e. The van der Waals surface area contributed by atoms with Gasteiger partial charge >= 0.3 is 0 Å². The van der Waals surface area contributed by atoms with E-state index in [1.807, 2.05) is 41.5 Å². The highest BCUT2D eigenvalue weighted by Gasteiger charge is 2.16. The number of nitrogens with one attached hydrogen (secondary N) is 1. The van der Waals surface area contributed by atoms with Gasteiger partial charge in [-0.15, -0.1) is 0 Å². The number of aromatic nitrogens is 4. The molecule has 7 heteroatoms. The molecular weight excluding hydrogens is 368 g/mol. The third-order valence-electron chi connectivity index (χ3n) is 5.29. The van der Waals surface area contributed by atoms with E-state index in [4.69, 9.17) is 17.3 Å². The fourth-order valence-electron chi connectivity index (χ4n) is 3.21. The van der Waals surface area contributed by atoms with Crippen molar-refractivity contribution in [1.29, 1.82) is 0 Å². The van der Waals surface area contributed by atoms with Crippen molar-refractivity contribution in [3.63, 3.8) is 0 Å². The quantitative estimate of drug-likeness (QED) is 0.666. The summed E-state index contributed by atoms with van der Waals surface area (Å²) >= 11 is 5.64. The Labute approximate surface area is 172 Å². The molecule has 28 heavy (non-hydrogen) atoms. The smallest absolute Gasteiger partial charge is 0.173 e. The van der Waals surface area contributed by atoms with E-state index >= 15 is 0 Å². The summed E-state index contributed by atoms with van der Waals surface area (Å²) in [5.74, 6) is 0. The van der Waals surface area contributed by atoms with Crippen molar-refractivity contribution in [2.24, 2.45) is 7.05 Å². The van der Waals surface area contributed by atoms with Gasteiger partial charge in [-0.1, -0.05) is 24.3 Å². The van der Waals surface area contributed by atoms with E-state index in [-0.39, 0.29) is 0 Å². The lowest BCUT2D eigenvalue weighted by Gasteiger charge is -2.21. The molecule has 0 aliphatic heterocycles. The van der Waals surface area contributed by atoms with Crippen LogP contribution in [0.5, 0.6) is 0 Å². The standard InChI is InChI=1S/C21H28N6S/c1-14-9-7-8-10-18(14)13-27-17(4)20(15(2)24-27)23-21(28)25(5)12-19-11-22-26(6)16(19)3/h7-11H,12-13H2,1-6H3,(H,23,28). The number of benzene rings is 1. The fourth-order valence-corrected chi connectivity index (χ4v) is 3.38. The van der Waals surface area contributed by atoms with Crippen LogP contribution in [0.1, 0.15) is 33.8 Å². The number of anilines is 1. The molecule has 0 atom stereocenters. The van der Waals surface area contributed by atoms with Crippen molar-refractivity contribution in [1.82, 2.24) is 24.5 Å². The van der Waals surface area contributed by atoms with Gasteiger partial charge in [0.05, 0.1) is 29.8 Å². The first-order valence-electron chi connectivity index (χ1n) is 9.36. The lowest BCUT2D eigenvalue weighted by molar-refractivity contribution is 0.506. The van der Waals surface area contributed by atoms with Crippen molar-refractivity contribution >= 4 is 23.0 Å². The molecule has 148 valence electrons. The largest absolute Gasteiger partial charge is 0.348 e. The number of hydrogen-bond donors (Lipinski definition) is 1. The molecule has 0 saturated carbocycles. The van der Waals surface area contributed by atoms with Gasteiger partial charge < -0.3 is 10.2 Å². The number of nitrogens with zero attached hydrogens (tertiary/aromatic N) is 5. The molecule has 2 heterocycles. The van der Waals surface area contributed by atoms with E-state index in [0.29, 0.717) is 11.7 Å². The van der Waals surface area contributed by atoms with Gasteiger partial charge in [0.15, 0.2) is 5.11 Å². The van der Waals surface area contributed by atoms with Gasteiger partial charge in [0, 0.05) is 31.9 Å². The number of aryl methyl sites for hydroxylation is 3. The van der Waals surface area contributed by atoms with E-state index in [1.165, 1.54) is 11.1 Å². The second-order valence-corrected chi connectivity index (χ2v) is 7.68. The molecule has 0 unspecified atom stereocenters. The van der Waals surface area contributed by atoms with E-state index in [1.54, 1.807) is 0 Å². The summed E-state index contributed by atoms with van der Waals surface area (Å²) in [6, 6.07) is 8.40. The van der Waals surface area contributed by atoms with Crippen LogP contribution in [-0.2, 0) is 20.1 Å². The van der Waals surface area contributed by atoms with Gasteiger partial charge in [-0.25, -0.2) is 0 Å². The molecule has 0 aliphatic rings. The molecular formula is C21H28N6S. The highest BCUT2D eigenvalue weighted by Crippen LogP contribution is 2.22. The Bertz CT molecular complexity index is 1000. The number of thiocarbonyl (C=S) groups is 1. The second kappa shape index (κ2) is 8.14. The zero-order valence-electron chi connectivity index (χ0n) is 17.4. The molecule has 0 amide bonds. The van der Waals surface area contributed by atoms with E-state index in [0.717, 1.165) is 34.9 Å². The predicted molar refractivity (Wildman–Crippen MR) is 118 cm³/mol. The van der Waals surface area contributed by atoms with Crippen molar-refractivity contribution in [3.8, 4) is 0 Å². The molecule has 0 spiro atoms. The molecule has 6 nitrogen and oxygen atoms in total. The van der Waals surface area contributed by atoms with Gasteiger partial charge in [-0.2, -0.15) is 10.2 Å². The van der Waals surface area contributed by atoms with Crippen LogP contribution in [0.2, 0.25) is 0 Å². The number of rotatable bonds is 5. The molecule has 2 aromatic heterocycles. The third kappa shape index (κ3) is 4.09. The van der Waals surface area contributed by atoms with Crippen molar-refractivity contribution in [2.75, 3.05) is 12.4 Å². The lowest BCUT2D eigenvalue weighted by Crippen LogP contribution is -2.31. The Morgan fingerprint density at radius 3 is 2.46 bits per heavy atom. The molecule has 1 N–H and O–H groups in total. The summed E-state index contributed by atoms with van der Waals surface area (Å²) in [5.41, 5.74) is 7.85. The summed E-state index contributed by atoms with van der Waals surface area (Å²) < 4.78 is 3.91. The molecule has 0 radical (unpaired) electrons. The van der Waals surface area contributed by atoms with Crippen LogP contribution in [-0.4, -0.2) is 36.6 Å². The van der Waals surface area contributed by atoms with Crippen LogP contribution in [0, 0.1) is 27.7 Å². The van der Waals surface area contributed by atoms with Crippen molar-refractivity contribution in [3.05, 3.63) is 64.2 Å². The van der Waals surface area contributed by atoms with Crippen LogP contribution in [0.3, 0.4) is 0 Å². The van der Waals surface area contributed by atoms with Crippen LogP contribution < -0.4 is 5.32 Å². The van der Waals surface area contributed by atoms with Crippen LogP contribution in [0.25, 0.3) is 0 Å². The summed E-state index contributed by atoms with van der Waals surface area (Å²) in [6.45, 7) is 9.74. The third-order valence-corrected chi connectivity index (χ3v) is 5.70. The summed E-state index contributed by atoms with van der Waals surface area (Å²) in [6.07, 6.45) is 1.89. The number of hydrogen-bond acceptors (Lipinski definition) is 3. The Morgan fingerprint density at radius 2 is 1.82 bits per heavy atom. The first-order valence-corrected chi connectivity index (χ1v) is 9.77. The molecule has 0 aliphatic carbocycles. The minimum absolute atomic E-state index is 0.671. The topological polar surface area (TPSA) is 50.9 Å². The van der Waals surface area contributed by atoms with Crippen LogP contribution in [0.4, 0.5) is 5.69 Å². The molecule has 3 aromatic rings. The predicted octanol–water partition coefficient (Wildman–Crippen LogP) is 3.73. The highest BCUT2D eigenvalue weighted by atomic mass is 32.1. The second-order valence-electron chi connectivity index (χ2n) is 7.29. The van der Waals surface area contributed by atoms with E-state index in [9.17, 15) is 0 Å². The lowest BCUT2D eigenvalue weighted by atomic mass is 10.1. The normalized spacial score (nSPS) is 10.9. The van der Waals surface area contributed by atoms with E-state index in [2.05, 4.69) is 55.5 Å². The monoisotopic (exact) mass is 396 g/mol. The first kappa shape index (κ1) is 20.1. The van der Waals surface area contributed by atoms with Crippen LogP contribution >= 0.6 is 12.2 Å². The summed E-state index contributed by atoms with van der Waals surface area (Å²) in [4.78, 5) is 2.02. The molecule has 3 rings (SSSR count). The highest BCUT2D eigenvalue weighted by molar-refractivity contribution is 7.80. The van der Waals surface area contributed by atoms with Gasteiger partial charge in [-0.3, -0.25) is 9.36 Å². The van der Waals surface area contributed by atoms with Gasteiger partial charge in [-0.05, 0) is 51.0 Å². The minimum atomic E-state index is 0.671. The first-order chi connectivity index (χ1) is 13.3. The molecule has 0 saturated heterocycles. The van der Waals surface area contributed by atoms with Gasteiger partial charge in [0.25, 0.3) is 0 Å². The fraction of sp³-hybridized carbons (Fsp3) is 0.381. The zero-order valence-corrected chi connectivity index (χ0v) is 18.3. The Hall–Kier alpha value is -2.67. The molecule has 1 aromatic carbocycles. The summed E-state index contributed by atoms with van der Waals surface area (Å²) in [5, 5.41) is 13.1. The Balaban J connectivity index is 1.73. The molecule has 0 bridgehead atoms. The van der Waals surface area contributed by atoms with E-state index < -0.39 is 0 Å². The zero-order chi connectivity index (χ0) is 20.4. The molecule has 0 fully saturated rings. The van der Waals surface area contributed by atoms with Crippen molar-refractivity contribution in [2.45, 2.75) is 40.8 Å².